The first-order chi connectivity index (χ1) is 9.31. The van der Waals surface area contributed by atoms with E-state index < -0.39 is 0 Å². The smallest absolute Gasteiger partial charge is 0.234 e. The largest absolute Gasteiger partial charge is 0.354 e. The molecule has 2 heterocycles. The van der Waals surface area contributed by atoms with Gasteiger partial charge < -0.3 is 5.32 Å². The first-order valence-corrected chi connectivity index (χ1v) is 6.39. The van der Waals surface area contributed by atoms with Gasteiger partial charge in [0.25, 0.3) is 0 Å². The molecule has 0 spiro atoms. The predicted octanol–water partition coefficient (Wildman–Crippen LogP) is 0.804. The predicted molar refractivity (Wildman–Crippen MR) is 71.9 cm³/mol. The van der Waals surface area contributed by atoms with Crippen LogP contribution in [-0.4, -0.2) is 40.2 Å². The molecule has 0 bridgehead atoms. The molecule has 2 aromatic rings. The molecule has 1 saturated heterocycles. The fourth-order valence-electron chi connectivity index (χ4n) is 2.26. The van der Waals surface area contributed by atoms with Crippen LogP contribution in [0, 0.1) is 0 Å². The third-order valence-electron chi connectivity index (χ3n) is 3.23. The van der Waals surface area contributed by atoms with Gasteiger partial charge in [0, 0.05) is 32.0 Å². The Hall–Kier alpha value is -2.14. The number of carbonyl (C=O) groups is 1. The fourth-order valence-corrected chi connectivity index (χ4v) is 2.26. The summed E-state index contributed by atoms with van der Waals surface area (Å²) in [4.78, 5) is 13.5. The molecule has 19 heavy (non-hydrogen) atoms. The van der Waals surface area contributed by atoms with Crippen LogP contribution in [0.1, 0.15) is 5.56 Å². The highest BCUT2D eigenvalue weighted by Gasteiger charge is 2.15. The van der Waals surface area contributed by atoms with Crippen LogP contribution in [0.25, 0.3) is 5.69 Å². The van der Waals surface area contributed by atoms with E-state index in [4.69, 9.17) is 0 Å². The highest BCUT2D eigenvalue weighted by Crippen LogP contribution is 2.11. The minimum atomic E-state index is 0.111. The standard InChI is InChI=1S/C14H16N4O/c19-14-11-17(9-7-15-14)10-12-2-4-13(5-3-12)18-8-1-6-16-18/h1-6,8H,7,9-11H2,(H,15,19). The van der Waals surface area contributed by atoms with Crippen molar-refractivity contribution in [2.24, 2.45) is 0 Å². The second-order valence-corrected chi connectivity index (χ2v) is 4.68. The van der Waals surface area contributed by atoms with Crippen LogP contribution >= 0.6 is 0 Å². The molecule has 5 nitrogen and oxygen atoms in total. The van der Waals surface area contributed by atoms with E-state index in [-0.39, 0.29) is 5.91 Å². The van der Waals surface area contributed by atoms with E-state index in [1.54, 1.807) is 6.20 Å². The molecule has 0 saturated carbocycles. The minimum absolute atomic E-state index is 0.111. The number of hydrogen-bond donors (Lipinski definition) is 1. The SMILES string of the molecule is O=C1CN(Cc2ccc(-n3cccn3)cc2)CCN1. The topological polar surface area (TPSA) is 50.2 Å². The van der Waals surface area contributed by atoms with E-state index in [1.807, 2.05) is 29.1 Å². The van der Waals surface area contributed by atoms with Gasteiger partial charge in [0.1, 0.15) is 0 Å². The first-order valence-electron chi connectivity index (χ1n) is 6.39. The van der Waals surface area contributed by atoms with Crippen LogP contribution in [0.15, 0.2) is 42.7 Å². The van der Waals surface area contributed by atoms with Gasteiger partial charge in [0.05, 0.1) is 12.2 Å². The average Bonchev–Trinajstić information content (AvgIpc) is 2.94. The number of nitrogens with one attached hydrogen (secondary N) is 1. The van der Waals surface area contributed by atoms with Gasteiger partial charge in [-0.05, 0) is 23.8 Å². The lowest BCUT2D eigenvalue weighted by atomic mass is 10.2. The van der Waals surface area contributed by atoms with Crippen molar-refractivity contribution in [1.29, 1.82) is 0 Å². The van der Waals surface area contributed by atoms with Crippen molar-refractivity contribution in [3.63, 3.8) is 0 Å². The van der Waals surface area contributed by atoms with Crippen molar-refractivity contribution in [3.8, 4) is 5.69 Å². The van der Waals surface area contributed by atoms with E-state index in [9.17, 15) is 4.79 Å². The molecule has 1 amide bonds. The number of amides is 1. The lowest BCUT2D eigenvalue weighted by molar-refractivity contribution is -0.124. The quantitative estimate of drug-likeness (QED) is 0.884. The summed E-state index contributed by atoms with van der Waals surface area (Å²) < 4.78 is 1.83. The number of nitrogens with zero attached hydrogens (tertiary/aromatic N) is 3. The lowest BCUT2D eigenvalue weighted by Gasteiger charge is -2.26. The molecular formula is C14H16N4O. The molecule has 0 aliphatic carbocycles. The van der Waals surface area contributed by atoms with Gasteiger partial charge in [-0.3, -0.25) is 9.69 Å². The Morgan fingerprint density at radius 1 is 1.26 bits per heavy atom. The normalized spacial score (nSPS) is 16.3. The van der Waals surface area contributed by atoms with Crippen LogP contribution in [-0.2, 0) is 11.3 Å². The summed E-state index contributed by atoms with van der Waals surface area (Å²) in [6.45, 7) is 2.95. The van der Waals surface area contributed by atoms with Gasteiger partial charge in [-0.1, -0.05) is 12.1 Å². The second-order valence-electron chi connectivity index (χ2n) is 4.68. The van der Waals surface area contributed by atoms with Gasteiger partial charge >= 0.3 is 0 Å². The molecule has 5 heteroatoms. The molecule has 0 radical (unpaired) electrons. The van der Waals surface area contributed by atoms with E-state index in [1.165, 1.54) is 5.56 Å². The van der Waals surface area contributed by atoms with E-state index in [2.05, 4.69) is 27.4 Å². The number of benzene rings is 1. The Kier molecular flexibility index (Phi) is 3.29. The maximum atomic E-state index is 11.3. The molecule has 1 aliphatic rings. The van der Waals surface area contributed by atoms with Crippen molar-refractivity contribution in [2.45, 2.75) is 6.54 Å². The third-order valence-corrected chi connectivity index (χ3v) is 3.23. The van der Waals surface area contributed by atoms with E-state index in [0.717, 1.165) is 25.3 Å². The summed E-state index contributed by atoms with van der Waals surface area (Å²) >= 11 is 0. The van der Waals surface area contributed by atoms with Gasteiger partial charge in [-0.2, -0.15) is 5.10 Å². The summed E-state index contributed by atoms with van der Waals surface area (Å²) in [6.07, 6.45) is 3.68. The molecule has 1 aliphatic heterocycles. The summed E-state index contributed by atoms with van der Waals surface area (Å²) in [5.41, 5.74) is 2.26. The Morgan fingerprint density at radius 3 is 2.79 bits per heavy atom. The molecule has 0 unspecified atom stereocenters. The highest BCUT2D eigenvalue weighted by atomic mass is 16.2. The summed E-state index contributed by atoms with van der Waals surface area (Å²) in [7, 11) is 0. The monoisotopic (exact) mass is 256 g/mol. The molecule has 3 rings (SSSR count). The zero-order chi connectivity index (χ0) is 13.1. The number of aromatic nitrogens is 2. The zero-order valence-electron chi connectivity index (χ0n) is 10.6. The molecule has 1 N–H and O–H groups in total. The van der Waals surface area contributed by atoms with E-state index in [0.29, 0.717) is 6.54 Å². The Bertz CT molecular complexity index is 547. The van der Waals surface area contributed by atoms with Gasteiger partial charge in [-0.25, -0.2) is 4.68 Å². The Morgan fingerprint density at radius 2 is 2.11 bits per heavy atom. The van der Waals surface area contributed by atoms with Crippen LogP contribution < -0.4 is 5.32 Å². The maximum Gasteiger partial charge on any atom is 0.234 e. The van der Waals surface area contributed by atoms with Gasteiger partial charge in [0.2, 0.25) is 5.91 Å². The summed E-state index contributed by atoms with van der Waals surface area (Å²) in [6, 6.07) is 10.2. The summed E-state index contributed by atoms with van der Waals surface area (Å²) in [5.74, 6) is 0.111. The maximum absolute atomic E-state index is 11.3. The summed E-state index contributed by atoms with van der Waals surface area (Å²) in [5, 5.41) is 7.03. The van der Waals surface area contributed by atoms with Crippen molar-refractivity contribution in [2.75, 3.05) is 19.6 Å². The minimum Gasteiger partial charge on any atom is -0.354 e. The molecule has 1 aromatic carbocycles. The number of hydrogen-bond acceptors (Lipinski definition) is 3. The van der Waals surface area contributed by atoms with Crippen LogP contribution in [0.3, 0.4) is 0 Å². The number of piperazine rings is 1. The molecule has 1 aromatic heterocycles. The fraction of sp³-hybridized carbons (Fsp3) is 0.286. The first kappa shape index (κ1) is 11.9. The van der Waals surface area contributed by atoms with Gasteiger partial charge in [0.15, 0.2) is 0 Å². The Balaban J connectivity index is 1.67. The van der Waals surface area contributed by atoms with E-state index >= 15 is 0 Å². The van der Waals surface area contributed by atoms with Crippen molar-refractivity contribution >= 4 is 5.91 Å². The molecule has 0 atom stereocenters. The van der Waals surface area contributed by atoms with Crippen molar-refractivity contribution < 1.29 is 4.79 Å². The number of rotatable bonds is 3. The third kappa shape index (κ3) is 2.82. The highest BCUT2D eigenvalue weighted by molar-refractivity contribution is 5.78. The Labute approximate surface area is 111 Å². The molecular weight excluding hydrogens is 240 g/mol. The number of carbonyl (C=O) groups excluding carboxylic acids is 1. The molecule has 98 valence electrons. The van der Waals surface area contributed by atoms with Crippen molar-refractivity contribution in [3.05, 3.63) is 48.3 Å². The van der Waals surface area contributed by atoms with Crippen LogP contribution in [0.5, 0.6) is 0 Å². The average molecular weight is 256 g/mol. The van der Waals surface area contributed by atoms with Gasteiger partial charge in [-0.15, -0.1) is 0 Å². The second kappa shape index (κ2) is 5.24. The van der Waals surface area contributed by atoms with Crippen LogP contribution in [0.4, 0.5) is 0 Å². The van der Waals surface area contributed by atoms with Crippen molar-refractivity contribution in [1.82, 2.24) is 20.0 Å². The lowest BCUT2D eigenvalue weighted by Crippen LogP contribution is -2.47. The van der Waals surface area contributed by atoms with Crippen LogP contribution in [0.2, 0.25) is 0 Å². The zero-order valence-corrected chi connectivity index (χ0v) is 10.6. The molecule has 1 fully saturated rings.